The second-order valence-electron chi connectivity index (χ2n) is 8.54. The van der Waals surface area contributed by atoms with E-state index in [4.69, 9.17) is 9.47 Å². The first-order chi connectivity index (χ1) is 11.1. The topological polar surface area (TPSA) is 69.0 Å². The van der Waals surface area contributed by atoms with Crippen molar-refractivity contribution in [3.63, 3.8) is 0 Å². The van der Waals surface area contributed by atoms with E-state index in [2.05, 4.69) is 61.5 Å². The molecule has 2 atom stereocenters. The molecule has 0 N–H and O–H groups in total. The van der Waals surface area contributed by atoms with Gasteiger partial charge in [-0.3, -0.25) is 0 Å². The predicted octanol–water partition coefficient (Wildman–Crippen LogP) is 2.86. The van der Waals surface area contributed by atoms with E-state index in [9.17, 15) is 0 Å². The minimum absolute atomic E-state index is 0.0657. The van der Waals surface area contributed by atoms with Crippen molar-refractivity contribution in [1.82, 2.24) is 9.97 Å². The van der Waals surface area contributed by atoms with Crippen LogP contribution in [0.1, 0.15) is 52.9 Å². The van der Waals surface area contributed by atoms with Crippen LogP contribution in [0, 0.1) is 10.8 Å². The van der Waals surface area contributed by atoms with Crippen LogP contribution >= 0.6 is 0 Å². The molecule has 0 unspecified atom stereocenters. The van der Waals surface area contributed by atoms with Crippen LogP contribution in [0.5, 0.6) is 0 Å². The lowest BCUT2D eigenvalue weighted by Crippen LogP contribution is -2.25. The number of rotatable bonds is 2. The zero-order chi connectivity index (χ0) is 17.5. The molecule has 3 heterocycles. The van der Waals surface area contributed by atoms with Gasteiger partial charge in [-0.2, -0.15) is 0 Å². The maximum atomic E-state index is 5.75. The molecule has 0 saturated carbocycles. The highest BCUT2D eigenvalue weighted by atomic mass is 16.5. The summed E-state index contributed by atoms with van der Waals surface area (Å²) in [5, 5.41) is 0. The molecule has 0 fully saturated rings. The molecule has 6 heteroatoms. The summed E-state index contributed by atoms with van der Waals surface area (Å²) in [4.78, 5) is 17.9. The van der Waals surface area contributed by atoms with E-state index in [1.165, 1.54) is 6.33 Å². The Morgan fingerprint density at radius 2 is 1.21 bits per heavy atom. The van der Waals surface area contributed by atoms with Gasteiger partial charge in [0.2, 0.25) is 11.8 Å². The molecule has 3 rings (SSSR count). The Morgan fingerprint density at radius 3 is 1.54 bits per heavy atom. The summed E-state index contributed by atoms with van der Waals surface area (Å²) >= 11 is 0. The number of aromatic nitrogens is 2. The number of nitrogens with zero attached hydrogens (tertiary/aromatic N) is 4. The lowest BCUT2D eigenvalue weighted by atomic mass is 9.88. The van der Waals surface area contributed by atoms with Gasteiger partial charge in [0.05, 0.1) is 12.1 Å². The summed E-state index contributed by atoms with van der Waals surface area (Å²) in [5.41, 5.74) is 1.49. The fourth-order valence-corrected chi connectivity index (χ4v) is 2.51. The van der Waals surface area contributed by atoms with Crippen molar-refractivity contribution < 1.29 is 9.47 Å². The molecule has 130 valence electrons. The molecule has 0 aliphatic carbocycles. The van der Waals surface area contributed by atoms with E-state index < -0.39 is 0 Å². The van der Waals surface area contributed by atoms with Gasteiger partial charge in [-0.1, -0.05) is 41.5 Å². The second-order valence-corrected chi connectivity index (χ2v) is 8.54. The Bertz CT molecular complexity index is 628. The van der Waals surface area contributed by atoms with Crippen molar-refractivity contribution in [3.8, 4) is 0 Å². The highest BCUT2D eigenvalue weighted by Crippen LogP contribution is 2.28. The van der Waals surface area contributed by atoms with Gasteiger partial charge in [0.1, 0.15) is 30.9 Å². The average Bonchev–Trinajstić information content (AvgIpc) is 3.16. The first-order valence-corrected chi connectivity index (χ1v) is 8.38. The van der Waals surface area contributed by atoms with Crippen LogP contribution in [0.3, 0.4) is 0 Å². The summed E-state index contributed by atoms with van der Waals surface area (Å²) < 4.78 is 11.5. The average molecular weight is 330 g/mol. The molecular weight excluding hydrogens is 304 g/mol. The third-order valence-corrected chi connectivity index (χ3v) is 4.41. The maximum absolute atomic E-state index is 5.75. The molecule has 2 aliphatic heterocycles. The quantitative estimate of drug-likeness (QED) is 0.836. The van der Waals surface area contributed by atoms with Gasteiger partial charge < -0.3 is 9.47 Å². The lowest BCUT2D eigenvalue weighted by molar-refractivity contribution is 0.235. The van der Waals surface area contributed by atoms with Crippen LogP contribution in [0.2, 0.25) is 0 Å². The molecule has 2 aliphatic rings. The monoisotopic (exact) mass is 330 g/mol. The van der Waals surface area contributed by atoms with Crippen LogP contribution in [-0.4, -0.2) is 47.1 Å². The third-order valence-electron chi connectivity index (χ3n) is 4.41. The number of hydrogen-bond donors (Lipinski definition) is 0. The van der Waals surface area contributed by atoms with E-state index in [1.54, 1.807) is 0 Å². The second kappa shape index (κ2) is 5.83. The molecule has 6 nitrogen and oxygen atoms in total. The fraction of sp³-hybridized carbons (Fsp3) is 0.667. The molecule has 0 spiro atoms. The normalized spacial score (nSPS) is 24.2. The van der Waals surface area contributed by atoms with Crippen molar-refractivity contribution >= 4 is 11.8 Å². The lowest BCUT2D eigenvalue weighted by Gasteiger charge is -2.21. The minimum atomic E-state index is 0.0657. The van der Waals surface area contributed by atoms with Gasteiger partial charge >= 0.3 is 0 Å². The van der Waals surface area contributed by atoms with Gasteiger partial charge in [-0.25, -0.2) is 20.0 Å². The zero-order valence-corrected chi connectivity index (χ0v) is 15.3. The maximum Gasteiger partial charge on any atom is 0.235 e. The van der Waals surface area contributed by atoms with Gasteiger partial charge in [-0.05, 0) is 10.8 Å². The zero-order valence-electron chi connectivity index (χ0n) is 15.3. The summed E-state index contributed by atoms with van der Waals surface area (Å²) in [6, 6.07) is 2.11. The summed E-state index contributed by atoms with van der Waals surface area (Å²) in [5.74, 6) is 1.15. The van der Waals surface area contributed by atoms with Crippen LogP contribution in [-0.2, 0) is 9.47 Å². The van der Waals surface area contributed by atoms with Crippen molar-refractivity contribution in [1.29, 1.82) is 0 Å². The molecule has 0 amide bonds. The number of ether oxygens (including phenoxy) is 2. The molecule has 0 aromatic carbocycles. The van der Waals surface area contributed by atoms with E-state index in [1.807, 2.05) is 6.07 Å². The SMILES string of the molecule is CC(C)(C)[C@H]1COC(c2cc(C3=N[C@@H](C(C)(C)C)CO3)ncn2)=N1. The van der Waals surface area contributed by atoms with Crippen molar-refractivity contribution in [2.45, 2.75) is 53.6 Å². The van der Waals surface area contributed by atoms with Crippen molar-refractivity contribution in [3.05, 3.63) is 23.8 Å². The van der Waals surface area contributed by atoms with Gasteiger partial charge in [0, 0.05) is 6.07 Å². The van der Waals surface area contributed by atoms with Crippen LogP contribution in [0.25, 0.3) is 0 Å². The molecule has 0 radical (unpaired) electrons. The molecule has 0 saturated heterocycles. The van der Waals surface area contributed by atoms with E-state index in [0.717, 1.165) is 0 Å². The molecule has 1 aromatic rings. The summed E-state index contributed by atoms with van der Waals surface area (Å²) in [6.45, 7) is 14.1. The first-order valence-electron chi connectivity index (χ1n) is 8.38. The number of aliphatic imine (C=N–C) groups is 2. The van der Waals surface area contributed by atoms with Crippen LogP contribution in [0.4, 0.5) is 0 Å². The molecule has 1 aromatic heterocycles. The van der Waals surface area contributed by atoms with Gasteiger partial charge in [-0.15, -0.1) is 0 Å². The van der Waals surface area contributed by atoms with Crippen LogP contribution in [0.15, 0.2) is 22.4 Å². The Hall–Kier alpha value is -1.98. The van der Waals surface area contributed by atoms with Crippen LogP contribution < -0.4 is 0 Å². The highest BCUT2D eigenvalue weighted by Gasteiger charge is 2.33. The molecule has 0 bridgehead atoms. The van der Waals surface area contributed by atoms with Crippen molar-refractivity contribution in [2.24, 2.45) is 20.8 Å². The fourth-order valence-electron chi connectivity index (χ4n) is 2.51. The Labute approximate surface area is 143 Å². The summed E-state index contributed by atoms with van der Waals surface area (Å²) in [7, 11) is 0. The van der Waals surface area contributed by atoms with E-state index in [0.29, 0.717) is 36.4 Å². The van der Waals surface area contributed by atoms with E-state index >= 15 is 0 Å². The molecule has 24 heavy (non-hydrogen) atoms. The highest BCUT2D eigenvalue weighted by molar-refractivity contribution is 5.98. The Balaban J connectivity index is 1.84. The number of hydrogen-bond acceptors (Lipinski definition) is 6. The predicted molar refractivity (Wildman–Crippen MR) is 93.5 cm³/mol. The summed E-state index contributed by atoms with van der Waals surface area (Å²) in [6.07, 6.45) is 1.51. The third kappa shape index (κ3) is 3.42. The van der Waals surface area contributed by atoms with Crippen molar-refractivity contribution in [2.75, 3.05) is 13.2 Å². The first kappa shape index (κ1) is 16.9. The van der Waals surface area contributed by atoms with Gasteiger partial charge in [0.15, 0.2) is 0 Å². The van der Waals surface area contributed by atoms with Gasteiger partial charge in [0.25, 0.3) is 0 Å². The standard InChI is InChI=1S/C18H26N4O2/c1-17(2,3)13-8-23-15(21-13)11-7-12(20-10-19-11)16-22-14(9-24-16)18(4,5)6/h7,10,13-14H,8-9H2,1-6H3/t13-,14-/m1/s1. The molecular formula is C18H26N4O2. The van der Waals surface area contributed by atoms with E-state index in [-0.39, 0.29) is 22.9 Å². The Kier molecular flexibility index (Phi) is 4.10. The minimum Gasteiger partial charge on any atom is -0.474 e. The smallest absolute Gasteiger partial charge is 0.235 e. The largest absolute Gasteiger partial charge is 0.474 e. The Morgan fingerprint density at radius 1 is 0.792 bits per heavy atom.